The summed E-state index contributed by atoms with van der Waals surface area (Å²) < 4.78 is 5.79. The zero-order chi connectivity index (χ0) is 13.2. The third kappa shape index (κ3) is 3.16. The average molecular weight is 260 g/mol. The van der Waals surface area contributed by atoms with Crippen LogP contribution < -0.4 is 5.32 Å². The van der Waals surface area contributed by atoms with Crippen LogP contribution in [0.2, 0.25) is 0 Å². The molecule has 2 atom stereocenters. The Bertz CT molecular complexity index is 436. The summed E-state index contributed by atoms with van der Waals surface area (Å²) >= 11 is 0. The molecule has 1 aromatic rings. The summed E-state index contributed by atoms with van der Waals surface area (Å²) in [6.07, 6.45) is 1.87. The lowest BCUT2D eigenvalue weighted by molar-refractivity contribution is -0.0704. The molecule has 3 nitrogen and oxygen atoms in total. The highest BCUT2D eigenvalue weighted by Gasteiger charge is 2.22. The molecule has 104 valence electrons. The second kappa shape index (κ2) is 5.61. The summed E-state index contributed by atoms with van der Waals surface area (Å²) in [5.74, 6) is 0. The predicted molar refractivity (Wildman–Crippen MR) is 77.1 cm³/mol. The van der Waals surface area contributed by atoms with E-state index in [1.54, 1.807) is 0 Å². The molecule has 1 fully saturated rings. The lowest BCUT2D eigenvalue weighted by atomic mass is 9.98. The molecule has 1 saturated heterocycles. The van der Waals surface area contributed by atoms with E-state index in [2.05, 4.69) is 42.3 Å². The van der Waals surface area contributed by atoms with Crippen molar-refractivity contribution in [3.8, 4) is 0 Å². The van der Waals surface area contributed by atoms with E-state index in [0.717, 1.165) is 32.7 Å². The second-order valence-electron chi connectivity index (χ2n) is 5.98. The van der Waals surface area contributed by atoms with Gasteiger partial charge in [-0.15, -0.1) is 0 Å². The Balaban J connectivity index is 1.69. The standard InChI is InChI=1S/C16H24N2O/c1-12-9-18(10-13(2)19-12)11-14-3-4-15-5-6-17-8-16(15)7-14/h3-4,7,12-13,17H,5-6,8-11H2,1-2H3. The van der Waals surface area contributed by atoms with Gasteiger partial charge >= 0.3 is 0 Å². The molecule has 0 spiro atoms. The number of rotatable bonds is 2. The molecule has 0 radical (unpaired) electrons. The molecule has 3 heteroatoms. The van der Waals surface area contributed by atoms with Crippen molar-refractivity contribution in [1.82, 2.24) is 10.2 Å². The quantitative estimate of drug-likeness (QED) is 0.879. The van der Waals surface area contributed by atoms with E-state index >= 15 is 0 Å². The molecule has 2 aliphatic heterocycles. The molecule has 0 saturated carbocycles. The van der Waals surface area contributed by atoms with Crippen LogP contribution in [-0.2, 0) is 24.2 Å². The highest BCUT2D eigenvalue weighted by molar-refractivity contribution is 5.33. The number of ether oxygens (including phenoxy) is 1. The van der Waals surface area contributed by atoms with Crippen LogP contribution in [0.3, 0.4) is 0 Å². The van der Waals surface area contributed by atoms with E-state index < -0.39 is 0 Å². The van der Waals surface area contributed by atoms with Gasteiger partial charge in [0, 0.05) is 26.2 Å². The number of nitrogens with zero attached hydrogens (tertiary/aromatic N) is 1. The van der Waals surface area contributed by atoms with Gasteiger partial charge in [0.25, 0.3) is 0 Å². The first-order valence-electron chi connectivity index (χ1n) is 7.40. The fraction of sp³-hybridized carbons (Fsp3) is 0.625. The molecule has 0 bridgehead atoms. The molecule has 1 N–H and O–H groups in total. The van der Waals surface area contributed by atoms with Gasteiger partial charge in [-0.05, 0) is 43.5 Å². The Labute approximate surface area is 115 Å². The Hall–Kier alpha value is -0.900. The monoisotopic (exact) mass is 260 g/mol. The van der Waals surface area contributed by atoms with Gasteiger partial charge in [0.05, 0.1) is 12.2 Å². The van der Waals surface area contributed by atoms with Crippen molar-refractivity contribution in [3.63, 3.8) is 0 Å². The summed E-state index contributed by atoms with van der Waals surface area (Å²) in [5.41, 5.74) is 4.44. The van der Waals surface area contributed by atoms with Gasteiger partial charge in [-0.1, -0.05) is 18.2 Å². The lowest BCUT2D eigenvalue weighted by Crippen LogP contribution is -2.44. The molecule has 2 unspecified atom stereocenters. The Kier molecular flexibility index (Phi) is 3.87. The summed E-state index contributed by atoms with van der Waals surface area (Å²) in [7, 11) is 0. The van der Waals surface area contributed by atoms with E-state index in [9.17, 15) is 0 Å². The van der Waals surface area contributed by atoms with Crippen LogP contribution in [0.4, 0.5) is 0 Å². The molecular formula is C16H24N2O. The molecule has 1 aromatic carbocycles. The highest BCUT2D eigenvalue weighted by atomic mass is 16.5. The number of nitrogens with one attached hydrogen (secondary N) is 1. The molecule has 2 aliphatic rings. The average Bonchev–Trinajstić information content (AvgIpc) is 2.37. The van der Waals surface area contributed by atoms with Crippen LogP contribution >= 0.6 is 0 Å². The predicted octanol–water partition coefficient (Wildman–Crippen LogP) is 1.94. The zero-order valence-corrected chi connectivity index (χ0v) is 12.0. The van der Waals surface area contributed by atoms with Crippen LogP contribution in [0.5, 0.6) is 0 Å². The van der Waals surface area contributed by atoms with Crippen molar-refractivity contribution in [2.45, 2.75) is 45.6 Å². The maximum atomic E-state index is 5.79. The van der Waals surface area contributed by atoms with Crippen molar-refractivity contribution in [3.05, 3.63) is 34.9 Å². The SMILES string of the molecule is CC1CN(Cc2ccc3c(c2)CNCC3)CC(C)O1. The van der Waals surface area contributed by atoms with E-state index in [1.807, 2.05) is 0 Å². The molecule has 2 heterocycles. The minimum atomic E-state index is 0.350. The Morgan fingerprint density at radius 1 is 1.21 bits per heavy atom. The van der Waals surface area contributed by atoms with E-state index in [4.69, 9.17) is 4.74 Å². The number of hydrogen-bond acceptors (Lipinski definition) is 3. The van der Waals surface area contributed by atoms with Crippen molar-refractivity contribution < 1.29 is 4.74 Å². The van der Waals surface area contributed by atoms with Gasteiger partial charge < -0.3 is 10.1 Å². The maximum absolute atomic E-state index is 5.79. The molecule has 0 aromatic heterocycles. The third-order valence-corrected chi connectivity index (χ3v) is 4.06. The zero-order valence-electron chi connectivity index (χ0n) is 12.0. The van der Waals surface area contributed by atoms with Crippen molar-refractivity contribution >= 4 is 0 Å². The summed E-state index contributed by atoms with van der Waals surface area (Å²) in [6, 6.07) is 7.00. The van der Waals surface area contributed by atoms with E-state index in [0.29, 0.717) is 12.2 Å². The largest absolute Gasteiger partial charge is 0.373 e. The van der Waals surface area contributed by atoms with Gasteiger partial charge in [-0.3, -0.25) is 4.90 Å². The third-order valence-electron chi connectivity index (χ3n) is 4.06. The summed E-state index contributed by atoms with van der Waals surface area (Å²) in [4.78, 5) is 2.51. The highest BCUT2D eigenvalue weighted by Crippen LogP contribution is 2.19. The van der Waals surface area contributed by atoms with Crippen LogP contribution in [0.1, 0.15) is 30.5 Å². The fourth-order valence-electron chi connectivity index (χ4n) is 3.30. The first kappa shape index (κ1) is 13.1. The Morgan fingerprint density at radius 2 is 2.00 bits per heavy atom. The topological polar surface area (TPSA) is 24.5 Å². The molecule has 19 heavy (non-hydrogen) atoms. The first-order chi connectivity index (χ1) is 9.20. The normalized spacial score (nSPS) is 28.1. The van der Waals surface area contributed by atoms with Crippen LogP contribution in [0.25, 0.3) is 0 Å². The van der Waals surface area contributed by atoms with E-state index in [-0.39, 0.29) is 0 Å². The molecule has 0 aliphatic carbocycles. The fourth-order valence-corrected chi connectivity index (χ4v) is 3.30. The van der Waals surface area contributed by atoms with Gasteiger partial charge in [0.15, 0.2) is 0 Å². The molecule has 3 rings (SSSR count). The van der Waals surface area contributed by atoms with Gasteiger partial charge in [0.2, 0.25) is 0 Å². The number of benzene rings is 1. The van der Waals surface area contributed by atoms with Crippen LogP contribution in [-0.4, -0.2) is 36.7 Å². The molecular weight excluding hydrogens is 236 g/mol. The van der Waals surface area contributed by atoms with E-state index in [1.165, 1.54) is 23.1 Å². The van der Waals surface area contributed by atoms with Gasteiger partial charge in [0.1, 0.15) is 0 Å². The summed E-state index contributed by atoms with van der Waals surface area (Å²) in [6.45, 7) is 9.60. The van der Waals surface area contributed by atoms with Crippen molar-refractivity contribution in [1.29, 1.82) is 0 Å². The minimum absolute atomic E-state index is 0.350. The van der Waals surface area contributed by atoms with Gasteiger partial charge in [-0.2, -0.15) is 0 Å². The second-order valence-corrected chi connectivity index (χ2v) is 5.98. The first-order valence-corrected chi connectivity index (χ1v) is 7.40. The van der Waals surface area contributed by atoms with Crippen molar-refractivity contribution in [2.24, 2.45) is 0 Å². The Morgan fingerprint density at radius 3 is 2.79 bits per heavy atom. The van der Waals surface area contributed by atoms with Crippen molar-refractivity contribution in [2.75, 3.05) is 19.6 Å². The number of fused-ring (bicyclic) bond motifs is 1. The van der Waals surface area contributed by atoms with Crippen LogP contribution in [0, 0.1) is 0 Å². The number of hydrogen-bond donors (Lipinski definition) is 1. The minimum Gasteiger partial charge on any atom is -0.373 e. The number of morpholine rings is 1. The summed E-state index contributed by atoms with van der Waals surface area (Å²) in [5, 5.41) is 3.45. The van der Waals surface area contributed by atoms with Crippen LogP contribution in [0.15, 0.2) is 18.2 Å². The maximum Gasteiger partial charge on any atom is 0.0678 e. The molecule has 0 amide bonds. The smallest absolute Gasteiger partial charge is 0.0678 e. The van der Waals surface area contributed by atoms with Gasteiger partial charge in [-0.25, -0.2) is 0 Å². The lowest BCUT2D eigenvalue weighted by Gasteiger charge is -2.35.